The van der Waals surface area contributed by atoms with Crippen molar-refractivity contribution in [1.29, 1.82) is 0 Å². The van der Waals surface area contributed by atoms with Crippen molar-refractivity contribution in [2.24, 2.45) is 0 Å². The van der Waals surface area contributed by atoms with Crippen LogP contribution in [0, 0.1) is 0 Å². The monoisotopic (exact) mass is 146 g/mol. The molecule has 0 aromatic carbocycles. The van der Waals surface area contributed by atoms with Gasteiger partial charge < -0.3 is 9.16 Å². The Morgan fingerprint density at radius 3 is 2.00 bits per heavy atom. The predicted octanol–water partition coefficient (Wildman–Crippen LogP) is 1.16. The fourth-order valence-electron chi connectivity index (χ4n) is 1.03. The Bertz CT molecular complexity index is 114. The average molecular weight is 146 g/mol. The maximum absolute atomic E-state index is 5.35. The summed E-state index contributed by atoms with van der Waals surface area (Å²) in [5.74, 6) is 0. The molecule has 0 saturated carbocycles. The molecule has 0 bridgehead atoms. The summed E-state index contributed by atoms with van der Waals surface area (Å²) in [6.45, 7) is 6.46. The summed E-state index contributed by atoms with van der Waals surface area (Å²) in [6, 6.07) is 0. The molecular weight excluding hydrogens is 132 g/mol. The average Bonchev–Trinajstić information content (AvgIpc) is 2.47. The third-order valence-corrected chi connectivity index (χ3v) is 4.95. The van der Waals surface area contributed by atoms with Gasteiger partial charge in [0.25, 0.3) is 0 Å². The molecule has 1 saturated heterocycles. The first-order valence-electron chi connectivity index (χ1n) is 3.28. The summed E-state index contributed by atoms with van der Waals surface area (Å²) in [5.41, 5.74) is 0.447. The Kier molecular flexibility index (Phi) is 1.67. The third kappa shape index (κ3) is 1.34. The largest absolute Gasteiger partial charge is 0.418 e. The normalized spacial score (nSPS) is 34.7. The van der Waals surface area contributed by atoms with E-state index in [2.05, 4.69) is 20.0 Å². The molecule has 0 aliphatic carbocycles. The van der Waals surface area contributed by atoms with Crippen molar-refractivity contribution in [2.45, 2.75) is 31.8 Å². The Morgan fingerprint density at radius 2 is 1.89 bits per heavy atom. The van der Waals surface area contributed by atoms with Crippen LogP contribution in [0.25, 0.3) is 0 Å². The molecule has 9 heavy (non-hydrogen) atoms. The number of hydrogen-bond donors (Lipinski definition) is 0. The van der Waals surface area contributed by atoms with E-state index in [1.165, 1.54) is 0 Å². The Labute approximate surface area is 57.3 Å². The zero-order valence-corrected chi connectivity index (χ0v) is 7.47. The van der Waals surface area contributed by atoms with Gasteiger partial charge in [0.1, 0.15) is 5.73 Å². The summed E-state index contributed by atoms with van der Waals surface area (Å²) >= 11 is 0. The maximum Gasteiger partial charge on any atom is 0.217 e. The molecule has 1 heterocycles. The van der Waals surface area contributed by atoms with Crippen LogP contribution in [0.3, 0.4) is 0 Å². The van der Waals surface area contributed by atoms with Crippen LogP contribution in [0.15, 0.2) is 0 Å². The second-order valence-electron chi connectivity index (χ2n) is 3.07. The van der Waals surface area contributed by atoms with Gasteiger partial charge >= 0.3 is 0 Å². The second-order valence-corrected chi connectivity index (χ2v) is 7.25. The van der Waals surface area contributed by atoms with Crippen molar-refractivity contribution in [3.05, 3.63) is 0 Å². The molecule has 0 aromatic rings. The quantitative estimate of drug-likeness (QED) is 0.431. The lowest BCUT2D eigenvalue weighted by Crippen LogP contribution is -2.37. The number of rotatable bonds is 2. The summed E-state index contributed by atoms with van der Waals surface area (Å²) in [5, 5.41) is 0. The van der Waals surface area contributed by atoms with E-state index in [0.29, 0.717) is 11.8 Å². The first-order chi connectivity index (χ1) is 4.08. The van der Waals surface area contributed by atoms with E-state index in [4.69, 9.17) is 9.16 Å². The van der Waals surface area contributed by atoms with Crippen molar-refractivity contribution < 1.29 is 9.16 Å². The van der Waals surface area contributed by atoms with Gasteiger partial charge in [0.05, 0.1) is 6.10 Å². The van der Waals surface area contributed by atoms with Crippen LogP contribution in [-0.2, 0) is 9.16 Å². The van der Waals surface area contributed by atoms with Crippen molar-refractivity contribution >= 4 is 8.32 Å². The first-order valence-corrected chi connectivity index (χ1v) is 6.27. The minimum Gasteiger partial charge on any atom is -0.418 e. The van der Waals surface area contributed by atoms with Crippen molar-refractivity contribution in [3.8, 4) is 0 Å². The smallest absolute Gasteiger partial charge is 0.217 e. The van der Waals surface area contributed by atoms with E-state index < -0.39 is 8.32 Å². The molecule has 0 N–H and O–H groups in total. The highest BCUT2D eigenvalue weighted by atomic mass is 28.4. The summed E-state index contributed by atoms with van der Waals surface area (Å²) in [7, 11) is 0.350. The van der Waals surface area contributed by atoms with Gasteiger partial charge in [0, 0.05) is 7.11 Å². The van der Waals surface area contributed by atoms with Crippen LogP contribution in [0.4, 0.5) is 0 Å². The van der Waals surface area contributed by atoms with Crippen LogP contribution in [0.5, 0.6) is 0 Å². The van der Waals surface area contributed by atoms with Crippen LogP contribution in [0.1, 0.15) is 6.92 Å². The summed E-state index contributed by atoms with van der Waals surface area (Å²) in [6.07, 6.45) is 0.451. The first kappa shape index (κ1) is 7.25. The van der Waals surface area contributed by atoms with Gasteiger partial charge in [-0.05, 0) is 20.0 Å². The Hall–Kier alpha value is 0.137. The van der Waals surface area contributed by atoms with E-state index in [-0.39, 0.29) is 0 Å². The van der Waals surface area contributed by atoms with Crippen molar-refractivity contribution in [2.75, 3.05) is 7.11 Å². The highest BCUT2D eigenvalue weighted by molar-refractivity contribution is 6.73. The molecule has 0 aromatic heterocycles. The lowest BCUT2D eigenvalue weighted by atomic mass is 10.6. The van der Waals surface area contributed by atoms with Crippen LogP contribution < -0.4 is 0 Å². The highest BCUT2D eigenvalue weighted by Crippen LogP contribution is 2.30. The van der Waals surface area contributed by atoms with Gasteiger partial charge in [-0.3, -0.25) is 0 Å². The van der Waals surface area contributed by atoms with Gasteiger partial charge in [0.2, 0.25) is 8.32 Å². The van der Waals surface area contributed by atoms with Gasteiger partial charge in [-0.2, -0.15) is 0 Å². The molecule has 3 heteroatoms. The molecule has 2 atom stereocenters. The van der Waals surface area contributed by atoms with Crippen LogP contribution in [0.2, 0.25) is 13.1 Å². The van der Waals surface area contributed by atoms with Gasteiger partial charge in [-0.1, -0.05) is 0 Å². The zero-order chi connectivity index (χ0) is 7.07. The molecule has 1 aliphatic heterocycles. The number of ether oxygens (including phenoxy) is 1. The molecule has 1 aliphatic rings. The molecule has 2 unspecified atom stereocenters. The van der Waals surface area contributed by atoms with E-state index >= 15 is 0 Å². The molecule has 0 spiro atoms. The van der Waals surface area contributed by atoms with Gasteiger partial charge in [-0.25, -0.2) is 0 Å². The molecular formula is C6H14O2Si. The molecule has 0 amide bonds. The van der Waals surface area contributed by atoms with E-state index in [9.17, 15) is 0 Å². The van der Waals surface area contributed by atoms with Gasteiger partial charge in [0.15, 0.2) is 0 Å². The molecule has 54 valence electrons. The Balaban J connectivity index is 2.41. The molecule has 0 radical (unpaired) electrons. The molecule has 1 fully saturated rings. The van der Waals surface area contributed by atoms with E-state index in [0.717, 1.165) is 0 Å². The fraction of sp³-hybridized carbons (Fsp3) is 1.00. The summed E-state index contributed by atoms with van der Waals surface area (Å²) < 4.78 is 10.7. The van der Waals surface area contributed by atoms with E-state index in [1.54, 1.807) is 7.11 Å². The topological polar surface area (TPSA) is 21.8 Å². The zero-order valence-electron chi connectivity index (χ0n) is 6.47. The predicted molar refractivity (Wildman–Crippen MR) is 38.8 cm³/mol. The standard InChI is InChI=1S/C6H14O2Si/c1-5-6(8-5)9(3,4)7-2/h5-6H,1-4H3. The minimum atomic E-state index is -1.43. The highest BCUT2D eigenvalue weighted by Gasteiger charge is 2.49. The van der Waals surface area contributed by atoms with Crippen LogP contribution >= 0.6 is 0 Å². The fourth-order valence-corrected chi connectivity index (χ4v) is 2.94. The van der Waals surface area contributed by atoms with Crippen molar-refractivity contribution in [3.63, 3.8) is 0 Å². The van der Waals surface area contributed by atoms with E-state index in [1.807, 2.05) is 0 Å². The molecule has 2 nitrogen and oxygen atoms in total. The number of hydrogen-bond acceptors (Lipinski definition) is 2. The second kappa shape index (κ2) is 2.07. The lowest BCUT2D eigenvalue weighted by molar-refractivity contribution is 0.356. The SMILES string of the molecule is CO[Si](C)(C)C1OC1C. The Morgan fingerprint density at radius 1 is 1.44 bits per heavy atom. The maximum atomic E-state index is 5.35. The van der Waals surface area contributed by atoms with Gasteiger partial charge in [-0.15, -0.1) is 0 Å². The number of epoxide rings is 1. The van der Waals surface area contributed by atoms with Crippen LogP contribution in [-0.4, -0.2) is 27.3 Å². The van der Waals surface area contributed by atoms with Crippen molar-refractivity contribution in [1.82, 2.24) is 0 Å². The third-order valence-electron chi connectivity index (χ3n) is 1.92. The summed E-state index contributed by atoms with van der Waals surface area (Å²) in [4.78, 5) is 0. The minimum absolute atomic E-state index is 0.447. The lowest BCUT2D eigenvalue weighted by Gasteiger charge is -2.16. The molecule has 1 rings (SSSR count).